The zero-order chi connectivity index (χ0) is 18.8. The van der Waals surface area contributed by atoms with E-state index in [1.54, 1.807) is 0 Å². The first-order valence-corrected chi connectivity index (χ1v) is 9.81. The minimum Gasteiger partial charge on any atom is -0.384 e. The number of piperidine rings is 1. The van der Waals surface area contributed by atoms with Gasteiger partial charge in [-0.05, 0) is 61.7 Å². The van der Waals surface area contributed by atoms with Crippen LogP contribution in [0.4, 0.5) is 15.8 Å². The molecular formula is C21H23ClFN3O. The van der Waals surface area contributed by atoms with Gasteiger partial charge in [0.15, 0.2) is 0 Å². The summed E-state index contributed by atoms with van der Waals surface area (Å²) in [7, 11) is 0. The molecule has 0 bridgehead atoms. The third-order valence-corrected chi connectivity index (χ3v) is 5.76. The minimum atomic E-state index is -0.482. The number of carbonyl (C=O) groups excluding carboxylic acids is 1. The number of likely N-dealkylation sites (tertiary alicyclic amines) is 1. The second-order valence-corrected chi connectivity index (χ2v) is 7.70. The largest absolute Gasteiger partial charge is 0.384 e. The van der Waals surface area contributed by atoms with E-state index in [9.17, 15) is 9.18 Å². The Bertz CT molecular complexity index is 849. The van der Waals surface area contributed by atoms with E-state index < -0.39 is 5.82 Å². The molecule has 0 aliphatic carbocycles. The molecule has 2 aromatic carbocycles. The van der Waals surface area contributed by atoms with Crippen molar-refractivity contribution in [2.75, 3.05) is 30.3 Å². The zero-order valence-electron chi connectivity index (χ0n) is 15.1. The van der Waals surface area contributed by atoms with Crippen molar-refractivity contribution in [2.24, 2.45) is 5.92 Å². The molecule has 27 heavy (non-hydrogen) atoms. The molecule has 0 aromatic heterocycles. The molecule has 0 saturated carbocycles. The molecule has 2 aromatic rings. The average Bonchev–Trinajstić information content (AvgIpc) is 3.15. The van der Waals surface area contributed by atoms with Gasteiger partial charge in [-0.2, -0.15) is 0 Å². The van der Waals surface area contributed by atoms with Crippen LogP contribution in [0.2, 0.25) is 5.02 Å². The molecule has 142 valence electrons. The number of nitrogens with one attached hydrogen (secondary N) is 2. The van der Waals surface area contributed by atoms with Crippen LogP contribution in [-0.4, -0.2) is 30.4 Å². The number of fused-ring (bicyclic) bond motifs is 1. The van der Waals surface area contributed by atoms with Gasteiger partial charge in [-0.15, -0.1) is 0 Å². The normalized spacial score (nSPS) is 17.4. The number of hydrogen-bond donors (Lipinski definition) is 2. The SMILES string of the molecule is O=C(Nc1ccc(F)c(Cl)c1)C1CCN(Cc2cccc3c2NCC3)CC1. The van der Waals surface area contributed by atoms with Gasteiger partial charge in [-0.3, -0.25) is 9.69 Å². The predicted molar refractivity (Wildman–Crippen MR) is 107 cm³/mol. The van der Waals surface area contributed by atoms with E-state index in [1.807, 2.05) is 0 Å². The van der Waals surface area contributed by atoms with E-state index >= 15 is 0 Å². The van der Waals surface area contributed by atoms with Crippen LogP contribution in [0.25, 0.3) is 0 Å². The monoisotopic (exact) mass is 387 g/mol. The number of rotatable bonds is 4. The number of amides is 1. The molecule has 2 aliphatic heterocycles. The summed E-state index contributed by atoms with van der Waals surface area (Å²) in [5.41, 5.74) is 4.58. The number of para-hydroxylation sites is 1. The summed E-state index contributed by atoms with van der Waals surface area (Å²) < 4.78 is 13.2. The topological polar surface area (TPSA) is 44.4 Å². The van der Waals surface area contributed by atoms with Gasteiger partial charge in [0.25, 0.3) is 0 Å². The number of anilines is 2. The number of halogens is 2. The van der Waals surface area contributed by atoms with Gasteiger partial charge in [0, 0.05) is 30.4 Å². The molecule has 2 heterocycles. The number of hydrogen-bond acceptors (Lipinski definition) is 3. The molecule has 4 nitrogen and oxygen atoms in total. The molecular weight excluding hydrogens is 365 g/mol. The first-order chi connectivity index (χ1) is 13.1. The first kappa shape index (κ1) is 18.3. The Kier molecular flexibility index (Phi) is 5.32. The standard InChI is InChI=1S/C21H23ClFN3O/c22-18-12-17(4-5-19(18)23)25-21(27)15-7-10-26(11-8-15)13-16-3-1-2-14-6-9-24-20(14)16/h1-5,12,15,24H,6-11,13H2,(H,25,27). The summed E-state index contributed by atoms with van der Waals surface area (Å²) in [6, 6.07) is 10.8. The Morgan fingerprint density at radius 3 is 2.85 bits per heavy atom. The van der Waals surface area contributed by atoms with Crippen molar-refractivity contribution in [3.05, 3.63) is 58.4 Å². The highest BCUT2D eigenvalue weighted by Gasteiger charge is 2.26. The van der Waals surface area contributed by atoms with Gasteiger partial charge in [0.05, 0.1) is 5.02 Å². The predicted octanol–water partition coefficient (Wildman–Crippen LogP) is 4.30. The van der Waals surface area contributed by atoms with E-state index in [4.69, 9.17) is 11.6 Å². The lowest BCUT2D eigenvalue weighted by Gasteiger charge is -2.31. The molecule has 0 atom stereocenters. The highest BCUT2D eigenvalue weighted by molar-refractivity contribution is 6.31. The number of nitrogens with zero attached hydrogens (tertiary/aromatic N) is 1. The lowest BCUT2D eigenvalue weighted by molar-refractivity contribution is -0.121. The van der Waals surface area contributed by atoms with Gasteiger partial charge in [-0.25, -0.2) is 4.39 Å². The van der Waals surface area contributed by atoms with Crippen LogP contribution in [0.15, 0.2) is 36.4 Å². The van der Waals surface area contributed by atoms with E-state index in [0.29, 0.717) is 5.69 Å². The highest BCUT2D eigenvalue weighted by atomic mass is 35.5. The lowest BCUT2D eigenvalue weighted by Crippen LogP contribution is -2.37. The summed E-state index contributed by atoms with van der Waals surface area (Å²) >= 11 is 5.78. The minimum absolute atomic E-state index is 0.0143. The Labute approximate surface area is 163 Å². The molecule has 2 N–H and O–H groups in total. The average molecular weight is 388 g/mol. The summed E-state index contributed by atoms with van der Waals surface area (Å²) in [5, 5.41) is 6.37. The Morgan fingerprint density at radius 1 is 1.26 bits per heavy atom. The quantitative estimate of drug-likeness (QED) is 0.822. The molecule has 1 saturated heterocycles. The van der Waals surface area contributed by atoms with Crippen LogP contribution in [0.3, 0.4) is 0 Å². The van der Waals surface area contributed by atoms with Crippen molar-refractivity contribution in [3.63, 3.8) is 0 Å². The van der Waals surface area contributed by atoms with Crippen LogP contribution in [-0.2, 0) is 17.8 Å². The molecule has 6 heteroatoms. The maximum absolute atomic E-state index is 13.2. The summed E-state index contributed by atoms with van der Waals surface area (Å²) in [5.74, 6) is -0.519. The van der Waals surface area contributed by atoms with Gasteiger partial charge in [0.1, 0.15) is 5.82 Å². The maximum atomic E-state index is 13.2. The van der Waals surface area contributed by atoms with Crippen LogP contribution in [0, 0.1) is 11.7 Å². The zero-order valence-corrected chi connectivity index (χ0v) is 15.9. The van der Waals surface area contributed by atoms with Crippen LogP contribution in [0.5, 0.6) is 0 Å². The molecule has 0 spiro atoms. The second-order valence-electron chi connectivity index (χ2n) is 7.30. The first-order valence-electron chi connectivity index (χ1n) is 9.43. The number of carbonyl (C=O) groups is 1. The summed E-state index contributed by atoms with van der Waals surface area (Å²) in [6.45, 7) is 3.72. The van der Waals surface area contributed by atoms with E-state index in [1.165, 1.54) is 35.0 Å². The van der Waals surface area contributed by atoms with Crippen molar-refractivity contribution in [1.82, 2.24) is 4.90 Å². The van der Waals surface area contributed by atoms with Crippen molar-refractivity contribution in [3.8, 4) is 0 Å². The smallest absolute Gasteiger partial charge is 0.227 e. The molecule has 1 fully saturated rings. The third kappa shape index (κ3) is 4.09. The van der Waals surface area contributed by atoms with Gasteiger partial charge in [-0.1, -0.05) is 29.8 Å². The van der Waals surface area contributed by atoms with Crippen LogP contribution >= 0.6 is 11.6 Å². The molecule has 1 amide bonds. The molecule has 2 aliphatic rings. The Morgan fingerprint density at radius 2 is 2.07 bits per heavy atom. The van der Waals surface area contributed by atoms with Crippen molar-refractivity contribution >= 4 is 28.9 Å². The van der Waals surface area contributed by atoms with Crippen molar-refractivity contribution in [2.45, 2.75) is 25.8 Å². The second kappa shape index (κ2) is 7.87. The Balaban J connectivity index is 1.31. The van der Waals surface area contributed by atoms with Gasteiger partial charge in [0.2, 0.25) is 5.91 Å². The van der Waals surface area contributed by atoms with Crippen LogP contribution < -0.4 is 10.6 Å². The highest BCUT2D eigenvalue weighted by Crippen LogP contribution is 2.29. The van der Waals surface area contributed by atoms with E-state index in [0.717, 1.165) is 45.4 Å². The number of benzene rings is 2. The molecule has 0 unspecified atom stereocenters. The fraction of sp³-hybridized carbons (Fsp3) is 0.381. The van der Waals surface area contributed by atoms with Gasteiger partial charge >= 0.3 is 0 Å². The Hall–Kier alpha value is -2.11. The fourth-order valence-corrected chi connectivity index (χ4v) is 4.14. The van der Waals surface area contributed by atoms with Crippen LogP contribution in [0.1, 0.15) is 24.0 Å². The molecule has 4 rings (SSSR count). The molecule has 0 radical (unpaired) electrons. The maximum Gasteiger partial charge on any atom is 0.227 e. The van der Waals surface area contributed by atoms with Gasteiger partial charge < -0.3 is 10.6 Å². The summed E-state index contributed by atoms with van der Waals surface area (Å²) in [6.07, 6.45) is 2.74. The summed E-state index contributed by atoms with van der Waals surface area (Å²) in [4.78, 5) is 14.9. The lowest BCUT2D eigenvalue weighted by atomic mass is 9.95. The van der Waals surface area contributed by atoms with E-state index in [-0.39, 0.29) is 16.8 Å². The van der Waals surface area contributed by atoms with Crippen molar-refractivity contribution < 1.29 is 9.18 Å². The fourth-order valence-electron chi connectivity index (χ4n) is 3.96. The van der Waals surface area contributed by atoms with Crippen molar-refractivity contribution in [1.29, 1.82) is 0 Å². The van der Waals surface area contributed by atoms with E-state index in [2.05, 4.69) is 33.7 Å². The third-order valence-electron chi connectivity index (χ3n) is 5.47.